The van der Waals surface area contributed by atoms with Gasteiger partial charge in [0.1, 0.15) is 0 Å². The highest BCUT2D eigenvalue weighted by atomic mass is 15.3. The van der Waals surface area contributed by atoms with Crippen molar-refractivity contribution in [1.29, 1.82) is 0 Å². The molecular weight excluding hydrogens is 162 g/mol. The average molecular weight is 179 g/mol. The van der Waals surface area contributed by atoms with Crippen LogP contribution in [0.5, 0.6) is 0 Å². The summed E-state index contributed by atoms with van der Waals surface area (Å²) in [6.45, 7) is 1.14. The van der Waals surface area contributed by atoms with Crippen LogP contribution in [0.15, 0.2) is 12.3 Å². The van der Waals surface area contributed by atoms with E-state index in [0.29, 0.717) is 6.04 Å². The first-order chi connectivity index (χ1) is 6.36. The number of aromatic nitrogens is 2. The third-order valence-electron chi connectivity index (χ3n) is 2.65. The first-order valence-electron chi connectivity index (χ1n) is 5.09. The van der Waals surface area contributed by atoms with E-state index >= 15 is 0 Å². The summed E-state index contributed by atoms with van der Waals surface area (Å²) < 4.78 is 1.88. The Hall–Kier alpha value is -0.830. The zero-order valence-corrected chi connectivity index (χ0v) is 8.16. The quantitative estimate of drug-likeness (QED) is 0.710. The van der Waals surface area contributed by atoms with E-state index in [1.807, 2.05) is 17.9 Å². The van der Waals surface area contributed by atoms with Crippen molar-refractivity contribution >= 4 is 0 Å². The largest absolute Gasteiger partial charge is 0.309 e. The minimum Gasteiger partial charge on any atom is -0.309 e. The van der Waals surface area contributed by atoms with Gasteiger partial charge < -0.3 is 5.32 Å². The normalized spacial score (nSPS) is 24.2. The molecule has 13 heavy (non-hydrogen) atoms. The topological polar surface area (TPSA) is 29.9 Å². The van der Waals surface area contributed by atoms with Crippen molar-refractivity contribution in [3.8, 4) is 0 Å². The van der Waals surface area contributed by atoms with Crippen LogP contribution in [0, 0.1) is 0 Å². The summed E-state index contributed by atoms with van der Waals surface area (Å²) in [5, 5.41) is 7.97. The van der Waals surface area contributed by atoms with E-state index in [2.05, 4.69) is 16.5 Å². The third-order valence-corrected chi connectivity index (χ3v) is 2.65. The van der Waals surface area contributed by atoms with Crippen LogP contribution in [-0.2, 0) is 7.05 Å². The maximum Gasteiger partial charge on any atom is 0.0793 e. The molecule has 0 spiro atoms. The van der Waals surface area contributed by atoms with Gasteiger partial charge in [-0.2, -0.15) is 5.10 Å². The van der Waals surface area contributed by atoms with E-state index in [1.165, 1.54) is 31.4 Å². The number of nitrogens with one attached hydrogen (secondary N) is 1. The number of hydrogen-bond donors (Lipinski definition) is 1. The molecule has 2 heterocycles. The molecule has 3 heteroatoms. The second-order valence-electron chi connectivity index (χ2n) is 3.77. The zero-order chi connectivity index (χ0) is 9.10. The van der Waals surface area contributed by atoms with Crippen molar-refractivity contribution in [1.82, 2.24) is 15.1 Å². The fraction of sp³-hybridized carbons (Fsp3) is 0.700. The molecule has 0 saturated carbocycles. The van der Waals surface area contributed by atoms with Crippen LogP contribution >= 0.6 is 0 Å². The van der Waals surface area contributed by atoms with Crippen LogP contribution in [0.4, 0.5) is 0 Å². The van der Waals surface area contributed by atoms with E-state index in [9.17, 15) is 0 Å². The van der Waals surface area contributed by atoms with Crippen molar-refractivity contribution in [2.75, 3.05) is 6.54 Å². The summed E-state index contributed by atoms with van der Waals surface area (Å²) in [6.07, 6.45) is 7.24. The van der Waals surface area contributed by atoms with Gasteiger partial charge in [-0.05, 0) is 25.5 Å². The Bertz CT molecular complexity index is 259. The van der Waals surface area contributed by atoms with Crippen LogP contribution in [0.1, 0.15) is 37.4 Å². The Morgan fingerprint density at radius 2 is 2.38 bits per heavy atom. The predicted octanol–water partition coefficient (Wildman–Crippen LogP) is 1.62. The van der Waals surface area contributed by atoms with Gasteiger partial charge in [-0.1, -0.05) is 12.8 Å². The molecule has 1 saturated heterocycles. The lowest BCUT2D eigenvalue weighted by Gasteiger charge is -2.12. The zero-order valence-electron chi connectivity index (χ0n) is 8.16. The van der Waals surface area contributed by atoms with Gasteiger partial charge in [0, 0.05) is 13.2 Å². The Balaban J connectivity index is 2.06. The molecule has 1 N–H and O–H groups in total. The van der Waals surface area contributed by atoms with Crippen LogP contribution in [0.3, 0.4) is 0 Å². The minimum absolute atomic E-state index is 0.490. The SMILES string of the molecule is Cn1ccc(C2CCCCCN2)n1. The molecule has 0 radical (unpaired) electrons. The Morgan fingerprint density at radius 1 is 1.46 bits per heavy atom. The molecule has 1 aromatic heterocycles. The van der Waals surface area contributed by atoms with E-state index in [4.69, 9.17) is 0 Å². The molecule has 1 atom stereocenters. The van der Waals surface area contributed by atoms with E-state index in [0.717, 1.165) is 6.54 Å². The van der Waals surface area contributed by atoms with Crippen molar-refractivity contribution in [2.24, 2.45) is 7.05 Å². The van der Waals surface area contributed by atoms with Gasteiger partial charge in [0.2, 0.25) is 0 Å². The first-order valence-corrected chi connectivity index (χ1v) is 5.09. The molecule has 3 nitrogen and oxygen atoms in total. The molecule has 1 aliphatic rings. The van der Waals surface area contributed by atoms with Crippen LogP contribution in [0.2, 0.25) is 0 Å². The summed E-state index contributed by atoms with van der Waals surface area (Å²) >= 11 is 0. The number of nitrogens with zero attached hydrogens (tertiary/aromatic N) is 2. The molecule has 72 valence electrons. The minimum atomic E-state index is 0.490. The standard InChI is InChI=1S/C10H17N3/c1-13-8-6-10(12-13)9-5-3-2-4-7-11-9/h6,8-9,11H,2-5,7H2,1H3. The number of aryl methyl sites for hydroxylation is 1. The molecule has 0 amide bonds. The predicted molar refractivity (Wildman–Crippen MR) is 52.4 cm³/mol. The monoisotopic (exact) mass is 179 g/mol. The highest BCUT2D eigenvalue weighted by Crippen LogP contribution is 2.20. The van der Waals surface area contributed by atoms with Crippen LogP contribution in [0.25, 0.3) is 0 Å². The molecule has 0 aliphatic carbocycles. The van der Waals surface area contributed by atoms with Gasteiger partial charge in [0.25, 0.3) is 0 Å². The van der Waals surface area contributed by atoms with Gasteiger partial charge in [0.15, 0.2) is 0 Å². The second kappa shape index (κ2) is 3.92. The molecule has 1 fully saturated rings. The molecule has 1 aliphatic heterocycles. The Kier molecular flexibility index (Phi) is 2.64. The van der Waals surface area contributed by atoms with Gasteiger partial charge >= 0.3 is 0 Å². The van der Waals surface area contributed by atoms with Crippen molar-refractivity contribution < 1.29 is 0 Å². The van der Waals surface area contributed by atoms with Gasteiger partial charge in [-0.3, -0.25) is 4.68 Å². The summed E-state index contributed by atoms with van der Waals surface area (Å²) in [4.78, 5) is 0. The maximum atomic E-state index is 4.43. The fourth-order valence-electron chi connectivity index (χ4n) is 1.90. The molecule has 1 aromatic rings. The van der Waals surface area contributed by atoms with Gasteiger partial charge in [0.05, 0.1) is 11.7 Å². The summed E-state index contributed by atoms with van der Waals surface area (Å²) in [5.74, 6) is 0. The van der Waals surface area contributed by atoms with Crippen molar-refractivity contribution in [2.45, 2.75) is 31.7 Å². The third kappa shape index (κ3) is 2.10. The molecule has 0 aromatic carbocycles. The average Bonchev–Trinajstić information content (AvgIpc) is 2.43. The lowest BCUT2D eigenvalue weighted by molar-refractivity contribution is 0.514. The lowest BCUT2D eigenvalue weighted by Crippen LogP contribution is -2.20. The van der Waals surface area contributed by atoms with Crippen LogP contribution in [-0.4, -0.2) is 16.3 Å². The van der Waals surface area contributed by atoms with Crippen molar-refractivity contribution in [3.05, 3.63) is 18.0 Å². The highest BCUT2D eigenvalue weighted by Gasteiger charge is 2.15. The van der Waals surface area contributed by atoms with Crippen molar-refractivity contribution in [3.63, 3.8) is 0 Å². The summed E-state index contributed by atoms with van der Waals surface area (Å²) in [6, 6.07) is 2.60. The Labute approximate surface area is 79.1 Å². The lowest BCUT2D eigenvalue weighted by atomic mass is 10.1. The van der Waals surface area contributed by atoms with E-state index in [-0.39, 0.29) is 0 Å². The highest BCUT2D eigenvalue weighted by molar-refractivity contribution is 5.05. The van der Waals surface area contributed by atoms with E-state index < -0.39 is 0 Å². The summed E-state index contributed by atoms with van der Waals surface area (Å²) in [7, 11) is 1.97. The van der Waals surface area contributed by atoms with Crippen LogP contribution < -0.4 is 5.32 Å². The molecule has 2 rings (SSSR count). The smallest absolute Gasteiger partial charge is 0.0793 e. The number of hydrogen-bond acceptors (Lipinski definition) is 2. The Morgan fingerprint density at radius 3 is 3.15 bits per heavy atom. The van der Waals surface area contributed by atoms with Gasteiger partial charge in [-0.25, -0.2) is 0 Å². The molecular formula is C10H17N3. The maximum absolute atomic E-state index is 4.43. The summed E-state index contributed by atoms with van der Waals surface area (Å²) in [5.41, 5.74) is 1.20. The number of rotatable bonds is 1. The second-order valence-corrected chi connectivity index (χ2v) is 3.77. The fourth-order valence-corrected chi connectivity index (χ4v) is 1.90. The van der Waals surface area contributed by atoms with Gasteiger partial charge in [-0.15, -0.1) is 0 Å². The first kappa shape index (κ1) is 8.75. The van der Waals surface area contributed by atoms with E-state index in [1.54, 1.807) is 0 Å². The molecule has 0 bridgehead atoms. The molecule has 1 unspecified atom stereocenters.